The number of nitrogens with one attached hydrogen (secondary N) is 1. The van der Waals surface area contributed by atoms with Gasteiger partial charge in [0.15, 0.2) is 9.84 Å². The Morgan fingerprint density at radius 1 is 1.40 bits per heavy atom. The number of sulfone groups is 1. The third-order valence-electron chi connectivity index (χ3n) is 3.14. The van der Waals surface area contributed by atoms with Gasteiger partial charge in [-0.1, -0.05) is 11.2 Å². The van der Waals surface area contributed by atoms with E-state index in [0.717, 1.165) is 0 Å². The van der Waals surface area contributed by atoms with Crippen molar-refractivity contribution in [3.8, 4) is 11.5 Å². The van der Waals surface area contributed by atoms with E-state index in [2.05, 4.69) is 20.4 Å². The maximum atomic E-state index is 11.3. The summed E-state index contributed by atoms with van der Waals surface area (Å²) in [7, 11) is -2.88. The second-order valence-corrected chi connectivity index (χ2v) is 6.94. The molecule has 3 heterocycles. The van der Waals surface area contributed by atoms with Gasteiger partial charge in [0, 0.05) is 12.2 Å². The van der Waals surface area contributed by atoms with Crippen molar-refractivity contribution >= 4 is 9.84 Å². The molecule has 1 aliphatic heterocycles. The summed E-state index contributed by atoms with van der Waals surface area (Å²) in [6.45, 7) is 0.361. The Hall–Kier alpha value is -1.80. The molecule has 0 aliphatic carbocycles. The van der Waals surface area contributed by atoms with Crippen molar-refractivity contribution in [2.24, 2.45) is 0 Å². The predicted molar refractivity (Wildman–Crippen MR) is 71.4 cm³/mol. The standard InChI is InChI=1S/C12H14N4O3S/c17-20(18)6-4-9(8-20)14-7-11-15-12(16-19-11)10-3-1-2-5-13-10/h1-3,5,9,14H,4,6-8H2. The molecule has 20 heavy (non-hydrogen) atoms. The largest absolute Gasteiger partial charge is 0.337 e. The van der Waals surface area contributed by atoms with Crippen LogP contribution in [0.1, 0.15) is 12.3 Å². The Labute approximate surface area is 116 Å². The number of pyridine rings is 1. The molecule has 1 unspecified atom stereocenters. The third-order valence-corrected chi connectivity index (χ3v) is 4.90. The van der Waals surface area contributed by atoms with Gasteiger partial charge in [-0.05, 0) is 18.6 Å². The van der Waals surface area contributed by atoms with Gasteiger partial charge in [-0.15, -0.1) is 0 Å². The lowest BCUT2D eigenvalue weighted by Crippen LogP contribution is -2.29. The lowest BCUT2D eigenvalue weighted by molar-refractivity contribution is 0.360. The fourth-order valence-electron chi connectivity index (χ4n) is 2.11. The first-order valence-electron chi connectivity index (χ1n) is 6.30. The number of hydrogen-bond acceptors (Lipinski definition) is 7. The smallest absolute Gasteiger partial charge is 0.240 e. The van der Waals surface area contributed by atoms with Gasteiger partial charge in [-0.25, -0.2) is 8.42 Å². The molecule has 2 aromatic heterocycles. The lowest BCUT2D eigenvalue weighted by atomic mass is 10.3. The molecule has 7 nitrogen and oxygen atoms in total. The maximum Gasteiger partial charge on any atom is 0.240 e. The minimum atomic E-state index is -2.88. The molecule has 0 amide bonds. The van der Waals surface area contributed by atoms with Crippen LogP contribution in [0.25, 0.3) is 11.5 Å². The van der Waals surface area contributed by atoms with Gasteiger partial charge in [0.25, 0.3) is 0 Å². The van der Waals surface area contributed by atoms with Crippen LogP contribution < -0.4 is 5.32 Å². The molecule has 2 aromatic rings. The highest BCUT2D eigenvalue weighted by Crippen LogP contribution is 2.14. The SMILES string of the molecule is O=S1(=O)CCC(NCc2nc(-c3ccccn3)no2)C1. The third kappa shape index (κ3) is 3.02. The minimum absolute atomic E-state index is 0.0369. The first-order chi connectivity index (χ1) is 9.62. The number of aromatic nitrogens is 3. The van der Waals surface area contributed by atoms with Crippen molar-refractivity contribution in [3.63, 3.8) is 0 Å². The Kier molecular flexibility index (Phi) is 3.49. The monoisotopic (exact) mass is 294 g/mol. The minimum Gasteiger partial charge on any atom is -0.337 e. The molecule has 1 atom stereocenters. The van der Waals surface area contributed by atoms with Crippen molar-refractivity contribution in [2.45, 2.75) is 19.0 Å². The summed E-state index contributed by atoms with van der Waals surface area (Å²) in [6, 6.07) is 5.42. The van der Waals surface area contributed by atoms with Crippen LogP contribution in [-0.2, 0) is 16.4 Å². The zero-order chi connectivity index (χ0) is 14.0. The van der Waals surface area contributed by atoms with E-state index in [1.807, 2.05) is 12.1 Å². The van der Waals surface area contributed by atoms with Gasteiger partial charge in [-0.3, -0.25) is 4.98 Å². The second kappa shape index (κ2) is 5.29. The molecule has 0 aromatic carbocycles. The summed E-state index contributed by atoms with van der Waals surface area (Å²) >= 11 is 0. The average molecular weight is 294 g/mol. The number of hydrogen-bond donors (Lipinski definition) is 1. The highest BCUT2D eigenvalue weighted by molar-refractivity contribution is 7.91. The van der Waals surface area contributed by atoms with E-state index in [9.17, 15) is 8.42 Å². The summed E-state index contributed by atoms with van der Waals surface area (Å²) in [6.07, 6.45) is 2.29. The summed E-state index contributed by atoms with van der Waals surface area (Å²) in [5.74, 6) is 1.28. The molecule has 0 bridgehead atoms. The van der Waals surface area contributed by atoms with Gasteiger partial charge in [0.2, 0.25) is 11.7 Å². The first-order valence-corrected chi connectivity index (χ1v) is 8.12. The highest BCUT2D eigenvalue weighted by atomic mass is 32.2. The first kappa shape index (κ1) is 13.2. The van der Waals surface area contributed by atoms with E-state index in [1.54, 1.807) is 12.3 Å². The van der Waals surface area contributed by atoms with Crippen LogP contribution >= 0.6 is 0 Å². The van der Waals surface area contributed by atoms with Gasteiger partial charge in [0.05, 0.1) is 18.1 Å². The normalized spacial score (nSPS) is 21.1. The molecule has 8 heteroatoms. The van der Waals surface area contributed by atoms with E-state index < -0.39 is 9.84 Å². The summed E-state index contributed by atoms with van der Waals surface area (Å²) in [4.78, 5) is 8.36. The summed E-state index contributed by atoms with van der Waals surface area (Å²) < 4.78 is 27.8. The highest BCUT2D eigenvalue weighted by Gasteiger charge is 2.27. The predicted octanol–water partition coefficient (Wildman–Crippen LogP) is 0.408. The quantitative estimate of drug-likeness (QED) is 0.872. The summed E-state index contributed by atoms with van der Waals surface area (Å²) in [5, 5.41) is 6.98. The molecular formula is C12H14N4O3S. The molecule has 1 aliphatic rings. The fraction of sp³-hybridized carbons (Fsp3) is 0.417. The fourth-order valence-corrected chi connectivity index (χ4v) is 3.82. The van der Waals surface area contributed by atoms with E-state index in [0.29, 0.717) is 30.4 Å². The van der Waals surface area contributed by atoms with Crippen LogP contribution in [0, 0.1) is 0 Å². The van der Waals surface area contributed by atoms with Crippen molar-refractivity contribution < 1.29 is 12.9 Å². The van der Waals surface area contributed by atoms with E-state index in [1.165, 1.54) is 0 Å². The van der Waals surface area contributed by atoms with Gasteiger partial charge in [0.1, 0.15) is 5.69 Å². The zero-order valence-corrected chi connectivity index (χ0v) is 11.5. The Morgan fingerprint density at radius 2 is 2.30 bits per heavy atom. The van der Waals surface area contributed by atoms with Crippen LogP contribution in [-0.4, -0.2) is 41.1 Å². The number of rotatable bonds is 4. The van der Waals surface area contributed by atoms with Gasteiger partial charge >= 0.3 is 0 Å². The molecular weight excluding hydrogens is 280 g/mol. The van der Waals surface area contributed by atoms with Crippen molar-refractivity contribution in [1.29, 1.82) is 0 Å². The van der Waals surface area contributed by atoms with Crippen molar-refractivity contribution in [3.05, 3.63) is 30.3 Å². The zero-order valence-electron chi connectivity index (χ0n) is 10.7. The van der Waals surface area contributed by atoms with Crippen LogP contribution in [0.5, 0.6) is 0 Å². The van der Waals surface area contributed by atoms with Crippen LogP contribution in [0.15, 0.2) is 28.9 Å². The average Bonchev–Trinajstić information content (AvgIpc) is 3.04. The van der Waals surface area contributed by atoms with Gasteiger partial charge in [-0.2, -0.15) is 4.98 Å². The van der Waals surface area contributed by atoms with Crippen LogP contribution in [0.4, 0.5) is 0 Å². The molecule has 106 valence electrons. The van der Waals surface area contributed by atoms with E-state index in [4.69, 9.17) is 4.52 Å². The Balaban J connectivity index is 1.61. The maximum absolute atomic E-state index is 11.3. The second-order valence-electron chi connectivity index (χ2n) is 4.71. The van der Waals surface area contributed by atoms with E-state index in [-0.39, 0.29) is 17.5 Å². The lowest BCUT2D eigenvalue weighted by Gasteiger charge is -2.06. The Bertz CT molecular complexity index is 684. The molecule has 3 rings (SSSR count). The van der Waals surface area contributed by atoms with Gasteiger partial charge < -0.3 is 9.84 Å². The molecule has 0 saturated carbocycles. The van der Waals surface area contributed by atoms with Crippen LogP contribution in [0.2, 0.25) is 0 Å². The molecule has 0 radical (unpaired) electrons. The summed E-state index contributed by atoms with van der Waals surface area (Å²) in [5.41, 5.74) is 0.644. The van der Waals surface area contributed by atoms with Crippen molar-refractivity contribution in [2.75, 3.05) is 11.5 Å². The molecule has 1 fully saturated rings. The van der Waals surface area contributed by atoms with E-state index >= 15 is 0 Å². The molecule has 0 spiro atoms. The molecule has 1 N–H and O–H groups in total. The van der Waals surface area contributed by atoms with Crippen molar-refractivity contribution in [1.82, 2.24) is 20.4 Å². The topological polar surface area (TPSA) is 98.0 Å². The van der Waals surface area contributed by atoms with Crippen LogP contribution in [0.3, 0.4) is 0 Å². The molecule has 1 saturated heterocycles. The number of nitrogens with zero attached hydrogens (tertiary/aromatic N) is 3. The Morgan fingerprint density at radius 3 is 3.00 bits per heavy atom.